The lowest BCUT2D eigenvalue weighted by molar-refractivity contribution is -0.141. The third-order valence-corrected chi connectivity index (χ3v) is 2.57. The van der Waals surface area contributed by atoms with E-state index in [4.69, 9.17) is 18.0 Å². The normalized spacial score (nSPS) is 11.4. The lowest BCUT2D eigenvalue weighted by Crippen LogP contribution is -2.25. The first-order valence-corrected chi connectivity index (χ1v) is 5.77. The van der Waals surface area contributed by atoms with Crippen LogP contribution in [0.1, 0.15) is 24.6 Å². The van der Waals surface area contributed by atoms with Gasteiger partial charge in [-0.05, 0) is 18.6 Å². The van der Waals surface area contributed by atoms with Crippen molar-refractivity contribution in [3.05, 3.63) is 23.4 Å². The van der Waals surface area contributed by atoms with Gasteiger partial charge in [-0.2, -0.15) is 13.2 Å². The molecule has 0 saturated carbocycles. The third-order valence-electron chi connectivity index (χ3n) is 2.35. The number of aromatic nitrogens is 1. The van der Waals surface area contributed by atoms with Crippen LogP contribution < -0.4 is 10.6 Å². The van der Waals surface area contributed by atoms with E-state index >= 15 is 0 Å². The molecular formula is C11H14F3N3S. The van der Waals surface area contributed by atoms with E-state index in [1.807, 2.05) is 6.92 Å². The number of rotatable bonds is 4. The summed E-state index contributed by atoms with van der Waals surface area (Å²) in [5.74, 6) is 0.166. The van der Waals surface area contributed by atoms with E-state index < -0.39 is 11.9 Å². The number of pyridine rings is 1. The molecule has 1 aromatic heterocycles. The maximum absolute atomic E-state index is 12.6. The Hall–Kier alpha value is -1.37. The number of alkyl halides is 3. The van der Waals surface area contributed by atoms with Crippen molar-refractivity contribution in [1.29, 1.82) is 0 Å². The summed E-state index contributed by atoms with van der Waals surface area (Å²) in [7, 11) is 1.66. The molecule has 0 unspecified atom stereocenters. The van der Waals surface area contributed by atoms with Crippen LogP contribution in [0.5, 0.6) is 0 Å². The Morgan fingerprint density at radius 3 is 2.50 bits per heavy atom. The van der Waals surface area contributed by atoms with Crippen molar-refractivity contribution in [2.75, 3.05) is 18.5 Å². The second-order valence-electron chi connectivity index (χ2n) is 3.85. The quantitative estimate of drug-likeness (QED) is 0.859. The number of nitrogens with zero attached hydrogens (tertiary/aromatic N) is 2. The third kappa shape index (κ3) is 3.32. The molecule has 2 N–H and O–H groups in total. The summed E-state index contributed by atoms with van der Waals surface area (Å²) < 4.78 is 37.8. The average molecular weight is 277 g/mol. The fourth-order valence-electron chi connectivity index (χ4n) is 1.53. The van der Waals surface area contributed by atoms with Gasteiger partial charge in [0.2, 0.25) is 0 Å². The second-order valence-corrected chi connectivity index (χ2v) is 4.29. The average Bonchev–Trinajstić information content (AvgIpc) is 2.27. The van der Waals surface area contributed by atoms with Crippen LogP contribution in [0.4, 0.5) is 19.0 Å². The van der Waals surface area contributed by atoms with Crippen LogP contribution in [0.2, 0.25) is 0 Å². The maximum atomic E-state index is 12.6. The van der Waals surface area contributed by atoms with Crippen LogP contribution in [0.3, 0.4) is 0 Å². The van der Waals surface area contributed by atoms with Gasteiger partial charge in [0.15, 0.2) is 0 Å². The topological polar surface area (TPSA) is 42.2 Å². The first-order valence-electron chi connectivity index (χ1n) is 5.36. The van der Waals surface area contributed by atoms with Crippen LogP contribution in [0, 0.1) is 0 Å². The van der Waals surface area contributed by atoms with Crippen molar-refractivity contribution in [2.24, 2.45) is 5.73 Å². The molecule has 0 spiro atoms. The molecule has 100 valence electrons. The molecule has 0 aliphatic rings. The molecule has 0 bridgehead atoms. The fourth-order valence-corrected chi connectivity index (χ4v) is 1.69. The number of nitrogens with two attached hydrogens (primary N) is 1. The summed E-state index contributed by atoms with van der Waals surface area (Å²) in [6.45, 7) is 2.49. The molecule has 1 aromatic rings. The van der Waals surface area contributed by atoms with Gasteiger partial charge in [-0.25, -0.2) is 4.98 Å². The zero-order valence-corrected chi connectivity index (χ0v) is 10.9. The predicted molar refractivity (Wildman–Crippen MR) is 68.7 cm³/mol. The van der Waals surface area contributed by atoms with Gasteiger partial charge in [0.25, 0.3) is 0 Å². The van der Waals surface area contributed by atoms with Crippen molar-refractivity contribution in [3.8, 4) is 0 Å². The molecule has 1 rings (SSSR count). The Bertz CT molecular complexity index is 446. The van der Waals surface area contributed by atoms with E-state index in [0.29, 0.717) is 12.1 Å². The molecule has 0 amide bonds. The Morgan fingerprint density at radius 1 is 1.44 bits per heavy atom. The standard InChI is InChI=1S/C11H14F3N3S/c1-3-6-17(2)10-7(9(15)18)4-5-8(16-10)11(12,13)14/h4-5H,3,6H2,1-2H3,(H2,15,18). The lowest BCUT2D eigenvalue weighted by Gasteiger charge is -2.21. The molecule has 0 aromatic carbocycles. The van der Waals surface area contributed by atoms with E-state index in [-0.39, 0.29) is 10.8 Å². The molecule has 0 aliphatic heterocycles. The van der Waals surface area contributed by atoms with Crippen molar-refractivity contribution in [3.63, 3.8) is 0 Å². The molecule has 0 radical (unpaired) electrons. The van der Waals surface area contributed by atoms with Crippen molar-refractivity contribution in [1.82, 2.24) is 4.98 Å². The van der Waals surface area contributed by atoms with Gasteiger partial charge < -0.3 is 10.6 Å². The van der Waals surface area contributed by atoms with Crippen molar-refractivity contribution >= 4 is 23.0 Å². The molecule has 1 heterocycles. The van der Waals surface area contributed by atoms with E-state index in [2.05, 4.69) is 4.98 Å². The number of anilines is 1. The van der Waals surface area contributed by atoms with Gasteiger partial charge >= 0.3 is 6.18 Å². The van der Waals surface area contributed by atoms with E-state index in [1.165, 1.54) is 6.07 Å². The fraction of sp³-hybridized carbons (Fsp3) is 0.455. The molecule has 0 saturated heterocycles. The molecular weight excluding hydrogens is 263 g/mol. The van der Waals surface area contributed by atoms with Gasteiger partial charge in [-0.15, -0.1) is 0 Å². The van der Waals surface area contributed by atoms with Crippen LogP contribution in [-0.4, -0.2) is 23.6 Å². The first kappa shape index (κ1) is 14.7. The highest BCUT2D eigenvalue weighted by atomic mass is 32.1. The van der Waals surface area contributed by atoms with E-state index in [1.54, 1.807) is 11.9 Å². The second kappa shape index (κ2) is 5.51. The molecule has 0 fully saturated rings. The van der Waals surface area contributed by atoms with Gasteiger partial charge in [0, 0.05) is 13.6 Å². The minimum atomic E-state index is -4.48. The highest BCUT2D eigenvalue weighted by molar-refractivity contribution is 7.80. The Morgan fingerprint density at radius 2 is 2.06 bits per heavy atom. The summed E-state index contributed by atoms with van der Waals surface area (Å²) in [6, 6.07) is 2.15. The van der Waals surface area contributed by atoms with Gasteiger partial charge in [0.1, 0.15) is 16.5 Å². The highest BCUT2D eigenvalue weighted by Gasteiger charge is 2.33. The Kier molecular flexibility index (Phi) is 4.50. The zero-order valence-electron chi connectivity index (χ0n) is 10.1. The van der Waals surface area contributed by atoms with Gasteiger partial charge in [0.05, 0.1) is 5.56 Å². The number of thiocarbonyl (C=S) groups is 1. The molecule has 3 nitrogen and oxygen atoms in total. The number of hydrogen-bond donors (Lipinski definition) is 1. The first-order chi connectivity index (χ1) is 8.27. The molecule has 7 heteroatoms. The summed E-state index contributed by atoms with van der Waals surface area (Å²) in [5, 5.41) is 0. The summed E-state index contributed by atoms with van der Waals surface area (Å²) in [6.07, 6.45) is -3.69. The van der Waals surface area contributed by atoms with Crippen molar-refractivity contribution in [2.45, 2.75) is 19.5 Å². The molecule has 18 heavy (non-hydrogen) atoms. The van der Waals surface area contributed by atoms with Crippen molar-refractivity contribution < 1.29 is 13.2 Å². The van der Waals surface area contributed by atoms with Crippen LogP contribution in [-0.2, 0) is 6.18 Å². The van der Waals surface area contributed by atoms with Crippen LogP contribution in [0.25, 0.3) is 0 Å². The number of hydrogen-bond acceptors (Lipinski definition) is 3. The smallest absolute Gasteiger partial charge is 0.389 e. The lowest BCUT2D eigenvalue weighted by atomic mass is 10.2. The molecule has 0 atom stereocenters. The number of halogens is 3. The monoisotopic (exact) mass is 277 g/mol. The van der Waals surface area contributed by atoms with E-state index in [0.717, 1.165) is 12.5 Å². The largest absolute Gasteiger partial charge is 0.433 e. The SMILES string of the molecule is CCCN(C)c1nc(C(F)(F)F)ccc1C(N)=S. The van der Waals surface area contributed by atoms with Crippen LogP contribution in [0.15, 0.2) is 12.1 Å². The van der Waals surface area contributed by atoms with Crippen LogP contribution >= 0.6 is 12.2 Å². The zero-order chi connectivity index (χ0) is 13.9. The predicted octanol–water partition coefficient (Wildman–Crippen LogP) is 2.58. The van der Waals surface area contributed by atoms with Gasteiger partial charge in [-0.1, -0.05) is 19.1 Å². The minimum absolute atomic E-state index is 0.0363. The summed E-state index contributed by atoms with van der Waals surface area (Å²) in [4.78, 5) is 5.27. The van der Waals surface area contributed by atoms with Gasteiger partial charge in [-0.3, -0.25) is 0 Å². The van der Waals surface area contributed by atoms with E-state index in [9.17, 15) is 13.2 Å². The maximum Gasteiger partial charge on any atom is 0.433 e. The summed E-state index contributed by atoms with van der Waals surface area (Å²) >= 11 is 4.82. The Labute approximate surface area is 109 Å². The minimum Gasteiger partial charge on any atom is -0.389 e. The molecule has 0 aliphatic carbocycles. The Balaban J connectivity index is 3.28. The highest BCUT2D eigenvalue weighted by Crippen LogP contribution is 2.30. The summed E-state index contributed by atoms with van der Waals surface area (Å²) in [5.41, 5.74) is 4.90.